The number of aliphatic hydroxyl groups excluding tert-OH is 1. The van der Waals surface area contributed by atoms with Crippen LogP contribution in [0.25, 0.3) is 0 Å². The van der Waals surface area contributed by atoms with Gasteiger partial charge in [0, 0.05) is 25.4 Å². The van der Waals surface area contributed by atoms with Gasteiger partial charge in [0.15, 0.2) is 0 Å². The van der Waals surface area contributed by atoms with Crippen molar-refractivity contribution in [2.75, 3.05) is 38.3 Å². The Morgan fingerprint density at radius 2 is 1.93 bits per heavy atom. The molecule has 1 aromatic rings. The van der Waals surface area contributed by atoms with Crippen molar-refractivity contribution in [3.8, 4) is 5.75 Å². The van der Waals surface area contributed by atoms with Crippen LogP contribution in [0.2, 0.25) is 0 Å². The molecule has 40 heavy (non-hydrogen) atoms. The quantitative estimate of drug-likeness (QED) is 0.200. The van der Waals surface area contributed by atoms with Crippen molar-refractivity contribution in [2.24, 2.45) is 11.8 Å². The summed E-state index contributed by atoms with van der Waals surface area (Å²) in [6, 6.07) is 6.23. The molecule has 3 heterocycles. The minimum absolute atomic E-state index is 0.0151. The number of fused-ring (bicyclic) bond motifs is 1. The van der Waals surface area contributed by atoms with E-state index in [1.165, 1.54) is 0 Å². The van der Waals surface area contributed by atoms with Crippen molar-refractivity contribution in [3.05, 3.63) is 49.6 Å². The summed E-state index contributed by atoms with van der Waals surface area (Å²) in [4.78, 5) is 45.5. The van der Waals surface area contributed by atoms with Crippen molar-refractivity contribution in [3.63, 3.8) is 0 Å². The molecule has 5 atom stereocenters. The summed E-state index contributed by atoms with van der Waals surface area (Å²) in [5, 5.41) is 9.40. The topological polar surface area (TPSA) is 106 Å². The van der Waals surface area contributed by atoms with Crippen molar-refractivity contribution in [2.45, 2.75) is 69.1 Å². The molecular formula is C31H42N2O7. The van der Waals surface area contributed by atoms with E-state index in [9.17, 15) is 19.5 Å². The van der Waals surface area contributed by atoms with Crippen LogP contribution in [0, 0.1) is 11.8 Å². The van der Waals surface area contributed by atoms with Gasteiger partial charge in [-0.25, -0.2) is 0 Å². The number of rotatable bonds is 15. The third-order valence-corrected chi connectivity index (χ3v) is 8.73. The van der Waals surface area contributed by atoms with Gasteiger partial charge in [0.2, 0.25) is 5.91 Å². The number of amides is 2. The number of ether oxygens (including phenoxy) is 3. The summed E-state index contributed by atoms with van der Waals surface area (Å²) in [5.41, 5.74) is -1.35. The van der Waals surface area contributed by atoms with Gasteiger partial charge in [-0.15, -0.1) is 13.2 Å². The first kappa shape index (κ1) is 29.8. The highest BCUT2D eigenvalue weighted by Gasteiger charge is 2.79. The van der Waals surface area contributed by atoms with E-state index in [-0.39, 0.29) is 38.1 Å². The first-order chi connectivity index (χ1) is 19.3. The number of benzene rings is 1. The fourth-order valence-corrected chi connectivity index (χ4v) is 6.84. The van der Waals surface area contributed by atoms with Crippen molar-refractivity contribution in [1.82, 2.24) is 4.90 Å². The Balaban J connectivity index is 1.73. The van der Waals surface area contributed by atoms with E-state index < -0.39 is 35.0 Å². The minimum Gasteiger partial charge on any atom is -0.497 e. The van der Waals surface area contributed by atoms with Crippen molar-refractivity contribution in [1.29, 1.82) is 0 Å². The second-order valence-corrected chi connectivity index (χ2v) is 10.8. The number of unbranched alkanes of at least 4 members (excludes halogenated alkanes) is 2. The largest absolute Gasteiger partial charge is 0.497 e. The van der Waals surface area contributed by atoms with E-state index in [0.717, 1.165) is 6.42 Å². The van der Waals surface area contributed by atoms with Gasteiger partial charge in [0.1, 0.15) is 23.3 Å². The molecule has 0 aliphatic carbocycles. The second-order valence-electron chi connectivity index (χ2n) is 10.8. The Morgan fingerprint density at radius 1 is 1.18 bits per heavy atom. The third-order valence-electron chi connectivity index (χ3n) is 8.73. The lowest BCUT2D eigenvalue weighted by atomic mass is 9.65. The van der Waals surface area contributed by atoms with Gasteiger partial charge in [-0.05, 0) is 69.2 Å². The molecule has 9 nitrogen and oxygen atoms in total. The number of allylic oxidation sites excluding steroid dienone is 1. The highest BCUT2D eigenvalue weighted by Crippen LogP contribution is 2.64. The predicted molar refractivity (Wildman–Crippen MR) is 151 cm³/mol. The van der Waals surface area contributed by atoms with Gasteiger partial charge >= 0.3 is 5.97 Å². The predicted octanol–water partition coefficient (Wildman–Crippen LogP) is 3.65. The molecule has 2 amide bonds. The van der Waals surface area contributed by atoms with E-state index in [1.807, 2.05) is 6.92 Å². The molecule has 1 spiro atoms. The molecule has 1 aromatic carbocycles. The molecule has 0 aromatic heterocycles. The lowest BCUT2D eigenvalue weighted by Gasteiger charge is -2.37. The lowest BCUT2D eigenvalue weighted by Crippen LogP contribution is -2.56. The number of aliphatic hydroxyl groups is 1. The van der Waals surface area contributed by atoms with Gasteiger partial charge in [-0.2, -0.15) is 0 Å². The maximum Gasteiger partial charge on any atom is 0.312 e. The summed E-state index contributed by atoms with van der Waals surface area (Å²) in [7, 11) is 1.58. The fraction of sp³-hybridized carbons (Fsp3) is 0.581. The average molecular weight is 555 g/mol. The van der Waals surface area contributed by atoms with Crippen molar-refractivity contribution >= 4 is 23.5 Å². The molecule has 1 N–H and O–H groups in total. The van der Waals surface area contributed by atoms with Gasteiger partial charge in [-0.3, -0.25) is 14.4 Å². The van der Waals surface area contributed by atoms with E-state index >= 15 is 0 Å². The SMILES string of the molecule is C=CCCCOC(=O)[C@H]1[C@H]2C(=O)N(CCCCO)C(C(=O)N(CC=C)c3ccc(OC)cc3)C23CC[C@]1(CC)O3. The number of carbonyl (C=O) groups excluding carboxylic acids is 3. The minimum atomic E-state index is -1.14. The normalized spacial score (nSPS) is 28.3. The van der Waals surface area contributed by atoms with Crippen LogP contribution in [0.15, 0.2) is 49.6 Å². The molecule has 3 aliphatic rings. The molecule has 9 heteroatoms. The Labute approximate surface area is 236 Å². The molecular weight excluding hydrogens is 512 g/mol. The van der Waals surface area contributed by atoms with Crippen molar-refractivity contribution < 1.29 is 33.7 Å². The Bertz CT molecular complexity index is 1110. The van der Waals surface area contributed by atoms with Crippen LogP contribution in [-0.4, -0.2) is 78.4 Å². The molecule has 0 radical (unpaired) electrons. The van der Waals surface area contributed by atoms with Crippen LogP contribution in [0.5, 0.6) is 5.75 Å². The summed E-state index contributed by atoms with van der Waals surface area (Å²) in [6.45, 7) is 10.3. The number of hydrogen-bond donors (Lipinski definition) is 1. The van der Waals surface area contributed by atoms with Crippen LogP contribution in [-0.2, 0) is 23.9 Å². The molecule has 3 saturated heterocycles. The fourth-order valence-electron chi connectivity index (χ4n) is 6.84. The maximum atomic E-state index is 14.5. The van der Waals surface area contributed by atoms with Gasteiger partial charge in [-0.1, -0.05) is 19.1 Å². The number of esters is 1. The highest BCUT2D eigenvalue weighted by atomic mass is 16.6. The molecule has 2 bridgehead atoms. The summed E-state index contributed by atoms with van der Waals surface area (Å²) in [6.07, 6.45) is 7.40. The van der Waals surface area contributed by atoms with E-state index in [4.69, 9.17) is 14.2 Å². The van der Waals surface area contributed by atoms with Crippen LogP contribution in [0.1, 0.15) is 51.9 Å². The van der Waals surface area contributed by atoms with E-state index in [0.29, 0.717) is 50.0 Å². The maximum absolute atomic E-state index is 14.5. The number of nitrogens with zero attached hydrogens (tertiary/aromatic N) is 2. The number of likely N-dealkylation sites (tertiary alicyclic amines) is 1. The van der Waals surface area contributed by atoms with Gasteiger partial charge in [0.25, 0.3) is 5.91 Å². The number of hydrogen-bond acceptors (Lipinski definition) is 7. The molecule has 3 aliphatic heterocycles. The Morgan fingerprint density at radius 3 is 2.55 bits per heavy atom. The van der Waals surface area contributed by atoms with Crippen LogP contribution >= 0.6 is 0 Å². The monoisotopic (exact) mass is 554 g/mol. The average Bonchev–Trinajstić information content (AvgIpc) is 3.57. The first-order valence-corrected chi connectivity index (χ1v) is 14.3. The molecule has 2 unspecified atom stereocenters. The molecule has 4 rings (SSSR count). The highest BCUT2D eigenvalue weighted by molar-refractivity contribution is 6.04. The molecule has 218 valence electrons. The Kier molecular flexibility index (Phi) is 9.36. The molecule has 0 saturated carbocycles. The van der Waals surface area contributed by atoms with Gasteiger partial charge in [0.05, 0.1) is 25.2 Å². The Hall–Kier alpha value is -3.17. The third kappa shape index (κ3) is 5.05. The van der Waals surface area contributed by atoms with Crippen LogP contribution < -0.4 is 9.64 Å². The van der Waals surface area contributed by atoms with E-state index in [2.05, 4.69) is 13.2 Å². The van der Waals surface area contributed by atoms with Gasteiger partial charge < -0.3 is 29.1 Å². The smallest absolute Gasteiger partial charge is 0.312 e. The number of anilines is 1. The summed E-state index contributed by atoms with van der Waals surface area (Å²) >= 11 is 0. The van der Waals surface area contributed by atoms with E-state index in [1.54, 1.807) is 53.3 Å². The first-order valence-electron chi connectivity index (χ1n) is 14.3. The summed E-state index contributed by atoms with van der Waals surface area (Å²) < 4.78 is 17.8. The summed E-state index contributed by atoms with van der Waals surface area (Å²) in [5.74, 6) is -1.91. The zero-order valence-corrected chi connectivity index (χ0v) is 23.7. The number of methoxy groups -OCH3 is 1. The standard InChI is InChI=1S/C31H42N2O7/c1-5-8-11-21-39-29(37)25-24-27(35)33(19-9-10-20-34)26(31(24)17-16-30(25,7-3)40-31)28(36)32(18-6-2)22-12-14-23(38-4)15-13-22/h5-6,12-15,24-26,34H,1-2,7-11,16-21H2,3-4H3/t24-,25+,26?,30-,31?/m0/s1. The zero-order chi connectivity index (χ0) is 28.9. The number of carbonyl (C=O) groups is 3. The second kappa shape index (κ2) is 12.6. The molecule has 3 fully saturated rings. The van der Waals surface area contributed by atoms with Crippen LogP contribution in [0.4, 0.5) is 5.69 Å². The lowest BCUT2D eigenvalue weighted by molar-refractivity contribution is -0.161. The van der Waals surface area contributed by atoms with Crippen LogP contribution in [0.3, 0.4) is 0 Å². The zero-order valence-electron chi connectivity index (χ0n) is 23.7.